The van der Waals surface area contributed by atoms with Gasteiger partial charge in [-0.1, -0.05) is 12.2 Å². The number of hydrogen-bond acceptors (Lipinski definition) is 4. The Morgan fingerprint density at radius 2 is 1.96 bits per heavy atom. The molecule has 0 fully saturated rings. The Balaban J connectivity index is 2.56. The second-order valence-electron chi connectivity index (χ2n) is 5.57. The molecule has 0 saturated carbocycles. The Morgan fingerprint density at radius 1 is 1.24 bits per heavy atom. The molecule has 1 aliphatic rings. The van der Waals surface area contributed by atoms with Crippen LogP contribution in [0.25, 0.3) is 5.57 Å². The van der Waals surface area contributed by atoms with Crippen LogP contribution in [0.4, 0.5) is 8.78 Å². The Kier molecular flexibility index (Phi) is 5.75. The summed E-state index contributed by atoms with van der Waals surface area (Å²) in [5.41, 5.74) is 1.05. The van der Waals surface area contributed by atoms with Crippen LogP contribution in [-0.2, 0) is 14.3 Å². The number of ether oxygens (including phenoxy) is 2. The summed E-state index contributed by atoms with van der Waals surface area (Å²) in [7, 11) is 1.21. The molecule has 0 bridgehead atoms. The summed E-state index contributed by atoms with van der Waals surface area (Å²) in [6.45, 7) is 3.30. The van der Waals surface area contributed by atoms with Crippen molar-refractivity contribution in [3.8, 4) is 0 Å². The molecule has 0 saturated heterocycles. The number of rotatable bonds is 4. The highest BCUT2D eigenvalue weighted by Crippen LogP contribution is 2.29. The molecule has 25 heavy (non-hydrogen) atoms. The molecule has 1 aromatic rings. The first-order chi connectivity index (χ1) is 11.8. The minimum atomic E-state index is -0.753. The predicted octanol–water partition coefficient (Wildman–Crippen LogP) is 4.56. The van der Waals surface area contributed by atoms with E-state index >= 15 is 0 Å². The molecule has 0 aromatic heterocycles. The van der Waals surface area contributed by atoms with Gasteiger partial charge in [0.2, 0.25) is 0 Å². The van der Waals surface area contributed by atoms with Gasteiger partial charge in [0, 0.05) is 23.6 Å². The van der Waals surface area contributed by atoms with Crippen molar-refractivity contribution in [3.63, 3.8) is 0 Å². The highest BCUT2D eigenvalue weighted by atomic mass is 19.1. The monoisotopic (exact) mass is 348 g/mol. The van der Waals surface area contributed by atoms with E-state index in [0.29, 0.717) is 11.1 Å². The highest BCUT2D eigenvalue weighted by Gasteiger charge is 2.20. The topological polar surface area (TPSA) is 55.8 Å². The summed E-state index contributed by atoms with van der Waals surface area (Å²) < 4.78 is 37.3. The second kappa shape index (κ2) is 7.79. The van der Waals surface area contributed by atoms with E-state index in [1.54, 1.807) is 26.0 Å². The van der Waals surface area contributed by atoms with E-state index in [2.05, 4.69) is 0 Å². The average molecular weight is 348 g/mol. The number of carbonyl (C=O) groups is 1. The van der Waals surface area contributed by atoms with Gasteiger partial charge in [0.15, 0.2) is 0 Å². The molecule has 4 nitrogen and oxygen atoms in total. The maximum absolute atomic E-state index is 14.1. The van der Waals surface area contributed by atoms with Gasteiger partial charge in [0.1, 0.15) is 17.4 Å². The third-order valence-electron chi connectivity index (χ3n) is 3.50. The first-order valence-corrected chi connectivity index (χ1v) is 7.53. The van der Waals surface area contributed by atoms with Crippen LogP contribution in [0.5, 0.6) is 0 Å². The zero-order valence-electron chi connectivity index (χ0n) is 14.1. The maximum Gasteiger partial charge on any atom is 0.341 e. The lowest BCUT2D eigenvalue weighted by Gasteiger charge is -2.11. The van der Waals surface area contributed by atoms with Gasteiger partial charge in [-0.05, 0) is 37.6 Å². The van der Waals surface area contributed by atoms with Gasteiger partial charge in [0.05, 0.1) is 12.7 Å². The maximum atomic E-state index is 14.1. The fourth-order valence-electron chi connectivity index (χ4n) is 2.18. The van der Waals surface area contributed by atoms with Gasteiger partial charge in [-0.2, -0.15) is 0 Å². The second-order valence-corrected chi connectivity index (χ2v) is 5.57. The van der Waals surface area contributed by atoms with Crippen molar-refractivity contribution >= 4 is 11.5 Å². The van der Waals surface area contributed by atoms with Crippen molar-refractivity contribution in [2.75, 3.05) is 7.11 Å². The SMILES string of the molecule is COC(=O)C1=C(OC(O)=C(C)C)CC=CC(c2ccc(F)cc2F)=C1. The molecular formula is C19H18F2O4. The van der Waals surface area contributed by atoms with E-state index in [0.717, 1.165) is 12.1 Å². The standard InChI is InChI=1S/C19H18F2O4/c1-11(2)18(22)25-17-6-4-5-12(9-15(17)19(23)24-3)14-8-7-13(20)10-16(14)21/h4-5,7-10,22H,6H2,1-3H3. The molecule has 0 atom stereocenters. The summed E-state index contributed by atoms with van der Waals surface area (Å²) in [6.07, 6.45) is 4.82. The van der Waals surface area contributed by atoms with Crippen LogP contribution >= 0.6 is 0 Å². The van der Waals surface area contributed by atoms with Gasteiger partial charge >= 0.3 is 5.97 Å². The first-order valence-electron chi connectivity index (χ1n) is 7.53. The van der Waals surface area contributed by atoms with Crippen molar-refractivity contribution in [2.24, 2.45) is 0 Å². The smallest absolute Gasteiger partial charge is 0.341 e. The summed E-state index contributed by atoms with van der Waals surface area (Å²) in [4.78, 5) is 12.1. The Labute approximate surface area is 144 Å². The Hall–Kier alpha value is -2.89. The van der Waals surface area contributed by atoms with E-state index in [1.165, 1.54) is 19.3 Å². The zero-order valence-corrected chi connectivity index (χ0v) is 14.1. The van der Waals surface area contributed by atoms with E-state index in [1.807, 2.05) is 0 Å². The van der Waals surface area contributed by atoms with Crippen molar-refractivity contribution in [2.45, 2.75) is 20.3 Å². The van der Waals surface area contributed by atoms with Crippen molar-refractivity contribution in [3.05, 3.63) is 76.5 Å². The van der Waals surface area contributed by atoms with Crippen LogP contribution in [0.1, 0.15) is 25.8 Å². The third-order valence-corrected chi connectivity index (χ3v) is 3.50. The van der Waals surface area contributed by atoms with Gasteiger partial charge < -0.3 is 14.6 Å². The number of aliphatic hydroxyl groups is 1. The van der Waals surface area contributed by atoms with Crippen molar-refractivity contribution in [1.82, 2.24) is 0 Å². The van der Waals surface area contributed by atoms with E-state index in [9.17, 15) is 18.7 Å². The number of carbonyl (C=O) groups excluding carboxylic acids is 1. The van der Waals surface area contributed by atoms with Gasteiger partial charge in [0.25, 0.3) is 5.95 Å². The van der Waals surface area contributed by atoms with Gasteiger partial charge in [-0.15, -0.1) is 0 Å². The molecule has 1 aromatic carbocycles. The lowest BCUT2D eigenvalue weighted by atomic mass is 10.0. The number of benzene rings is 1. The molecule has 0 unspecified atom stereocenters. The molecule has 0 spiro atoms. The molecule has 6 heteroatoms. The van der Waals surface area contributed by atoms with Crippen LogP contribution < -0.4 is 0 Å². The van der Waals surface area contributed by atoms with Crippen LogP contribution in [0.3, 0.4) is 0 Å². The van der Waals surface area contributed by atoms with Crippen LogP contribution in [0.2, 0.25) is 0 Å². The molecular weight excluding hydrogens is 330 g/mol. The number of hydrogen-bond donors (Lipinski definition) is 1. The largest absolute Gasteiger partial charge is 0.481 e. The molecule has 0 aliphatic heterocycles. The summed E-state index contributed by atoms with van der Waals surface area (Å²) in [5.74, 6) is -2.30. The minimum Gasteiger partial charge on any atom is -0.481 e. The zero-order chi connectivity index (χ0) is 18.6. The van der Waals surface area contributed by atoms with Gasteiger partial charge in [-0.3, -0.25) is 0 Å². The summed E-state index contributed by atoms with van der Waals surface area (Å²) in [6, 6.07) is 3.18. The van der Waals surface area contributed by atoms with Crippen LogP contribution in [0, 0.1) is 11.6 Å². The quantitative estimate of drug-likeness (QED) is 0.640. The van der Waals surface area contributed by atoms with Crippen LogP contribution in [0.15, 0.2) is 59.3 Å². The van der Waals surface area contributed by atoms with E-state index in [4.69, 9.17) is 9.47 Å². The van der Waals surface area contributed by atoms with Gasteiger partial charge in [-0.25, -0.2) is 13.6 Å². The molecule has 2 rings (SSSR count). The Bertz CT molecular complexity index is 813. The van der Waals surface area contributed by atoms with Crippen molar-refractivity contribution in [1.29, 1.82) is 0 Å². The Morgan fingerprint density at radius 3 is 2.56 bits per heavy atom. The van der Waals surface area contributed by atoms with Crippen LogP contribution in [-0.4, -0.2) is 18.2 Å². The highest BCUT2D eigenvalue weighted by molar-refractivity contribution is 5.96. The van der Waals surface area contributed by atoms with Crippen molar-refractivity contribution < 1.29 is 28.2 Å². The summed E-state index contributed by atoms with van der Waals surface area (Å²) in [5, 5.41) is 9.83. The van der Waals surface area contributed by atoms with E-state index < -0.39 is 17.6 Å². The molecule has 1 N–H and O–H groups in total. The number of halogens is 2. The molecule has 132 valence electrons. The summed E-state index contributed by atoms with van der Waals surface area (Å²) >= 11 is 0. The lowest BCUT2D eigenvalue weighted by molar-refractivity contribution is -0.136. The molecule has 0 heterocycles. The number of allylic oxidation sites excluding steroid dienone is 4. The average Bonchev–Trinajstić information content (AvgIpc) is 2.76. The predicted molar refractivity (Wildman–Crippen MR) is 89.2 cm³/mol. The number of esters is 1. The van der Waals surface area contributed by atoms with E-state index in [-0.39, 0.29) is 29.3 Å². The molecule has 0 radical (unpaired) electrons. The number of aliphatic hydroxyl groups excluding tert-OH is 1. The first kappa shape index (κ1) is 18.4. The third kappa shape index (κ3) is 4.35. The molecule has 0 amide bonds. The lowest BCUT2D eigenvalue weighted by Crippen LogP contribution is -2.08. The fraction of sp³-hybridized carbons (Fsp3) is 0.211. The molecule has 1 aliphatic carbocycles. The fourth-order valence-corrected chi connectivity index (χ4v) is 2.18. The minimum absolute atomic E-state index is 0.0408. The number of methoxy groups -OCH3 is 1. The normalized spacial score (nSPS) is 13.9.